The third-order valence-corrected chi connectivity index (χ3v) is 7.27. The molecule has 198 valence electrons. The Balaban J connectivity index is 1.34. The molecule has 0 saturated heterocycles. The number of halogens is 5. The molecule has 5 rings (SSSR count). The third kappa shape index (κ3) is 5.66. The number of aliphatic hydroxyl groups is 1. The number of ether oxygens (including phenoxy) is 2. The van der Waals surface area contributed by atoms with Gasteiger partial charge < -0.3 is 14.6 Å². The van der Waals surface area contributed by atoms with E-state index >= 15 is 0 Å². The highest BCUT2D eigenvalue weighted by Crippen LogP contribution is 2.56. The topological polar surface area (TPSA) is 51.6 Å². The van der Waals surface area contributed by atoms with Crippen LogP contribution in [-0.4, -0.2) is 35.1 Å². The Labute approximate surface area is 211 Å². The van der Waals surface area contributed by atoms with Gasteiger partial charge in [0.25, 0.3) is 0 Å². The average Bonchev–Trinajstić information content (AvgIpc) is 3.48. The van der Waals surface area contributed by atoms with Crippen LogP contribution in [-0.2, 0) is 6.42 Å². The Kier molecular flexibility index (Phi) is 6.54. The second-order valence-corrected chi connectivity index (χ2v) is 10.7. The summed E-state index contributed by atoms with van der Waals surface area (Å²) in [5.41, 5.74) is 1.33. The number of fused-ring (bicyclic) bond motifs is 3. The van der Waals surface area contributed by atoms with Crippen molar-refractivity contribution in [1.82, 2.24) is 4.98 Å². The number of hydrogen-bond donors (Lipinski definition) is 1. The molecule has 4 nitrogen and oxygen atoms in total. The van der Waals surface area contributed by atoms with Gasteiger partial charge in [-0.05, 0) is 73.4 Å². The van der Waals surface area contributed by atoms with E-state index in [0.717, 1.165) is 24.1 Å². The molecular formula is C28H28F5NO3. The lowest BCUT2D eigenvalue weighted by atomic mass is 9.80. The van der Waals surface area contributed by atoms with Gasteiger partial charge in [0.1, 0.15) is 12.4 Å². The molecule has 0 radical (unpaired) electrons. The van der Waals surface area contributed by atoms with Crippen molar-refractivity contribution in [3.05, 3.63) is 76.5 Å². The van der Waals surface area contributed by atoms with E-state index in [-0.39, 0.29) is 36.5 Å². The summed E-state index contributed by atoms with van der Waals surface area (Å²) < 4.78 is 81.9. The van der Waals surface area contributed by atoms with Crippen molar-refractivity contribution in [2.24, 2.45) is 11.8 Å². The van der Waals surface area contributed by atoms with Crippen LogP contribution in [0.15, 0.2) is 54.0 Å². The van der Waals surface area contributed by atoms with Crippen molar-refractivity contribution in [2.75, 3.05) is 13.2 Å². The van der Waals surface area contributed by atoms with Gasteiger partial charge in [0.05, 0.1) is 18.1 Å². The number of aromatic nitrogens is 1. The average molecular weight is 522 g/mol. The van der Waals surface area contributed by atoms with E-state index in [1.54, 1.807) is 20.0 Å². The molecule has 1 saturated carbocycles. The van der Waals surface area contributed by atoms with Crippen molar-refractivity contribution in [3.63, 3.8) is 0 Å². The maximum atomic E-state index is 14.8. The predicted octanol–water partition coefficient (Wildman–Crippen LogP) is 6.55. The zero-order valence-corrected chi connectivity index (χ0v) is 20.5. The lowest BCUT2D eigenvalue weighted by Gasteiger charge is -2.29. The molecule has 4 unspecified atom stereocenters. The minimum absolute atomic E-state index is 0.0295. The highest BCUT2D eigenvalue weighted by Gasteiger charge is 2.46. The number of hydrogen-bond acceptors (Lipinski definition) is 4. The zero-order valence-electron chi connectivity index (χ0n) is 20.5. The van der Waals surface area contributed by atoms with Crippen LogP contribution in [0, 0.1) is 17.7 Å². The van der Waals surface area contributed by atoms with E-state index < -0.39 is 35.3 Å². The quantitative estimate of drug-likeness (QED) is 0.400. The monoisotopic (exact) mass is 521 g/mol. The Morgan fingerprint density at radius 2 is 1.86 bits per heavy atom. The highest BCUT2D eigenvalue weighted by atomic mass is 19.4. The number of nitrogens with zero attached hydrogens (tertiary/aromatic N) is 1. The van der Waals surface area contributed by atoms with E-state index in [1.165, 1.54) is 24.1 Å². The Bertz CT molecular complexity index is 1250. The molecule has 0 amide bonds. The summed E-state index contributed by atoms with van der Waals surface area (Å²) in [7, 11) is 0. The molecular weight excluding hydrogens is 493 g/mol. The van der Waals surface area contributed by atoms with E-state index in [4.69, 9.17) is 9.47 Å². The molecule has 1 N–H and O–H groups in total. The molecule has 4 atom stereocenters. The van der Waals surface area contributed by atoms with Crippen LogP contribution in [0.2, 0.25) is 0 Å². The van der Waals surface area contributed by atoms with Crippen LogP contribution in [0.1, 0.15) is 55.2 Å². The summed E-state index contributed by atoms with van der Waals surface area (Å²) in [6.07, 6.45) is 1.07. The van der Waals surface area contributed by atoms with Gasteiger partial charge in [0.15, 0.2) is 11.6 Å². The van der Waals surface area contributed by atoms with E-state index in [2.05, 4.69) is 4.98 Å². The molecule has 37 heavy (non-hydrogen) atoms. The highest BCUT2D eigenvalue weighted by molar-refractivity contribution is 5.44. The Hall–Kier alpha value is -2.94. The van der Waals surface area contributed by atoms with Crippen molar-refractivity contribution in [1.29, 1.82) is 0 Å². The zero-order chi connectivity index (χ0) is 26.5. The standard InChI is InChI=1S/C28H28F5NO3/c1-27(2,35)5-6-36-25-4-3-15(10-24(25)30)20-9-18(23(29)12-22(20)28(31,32)33)14-37-26-11-17-7-16-8-19(16)21(17)13-34-26/h3-4,9-13,16,19-20,22,35H,5-8,14H2,1-2H3. The van der Waals surface area contributed by atoms with Gasteiger partial charge in [-0.1, -0.05) is 12.1 Å². The van der Waals surface area contributed by atoms with Gasteiger partial charge in [0, 0.05) is 30.2 Å². The first-order valence-corrected chi connectivity index (χ1v) is 12.3. The molecule has 1 aromatic carbocycles. The van der Waals surface area contributed by atoms with Crippen LogP contribution in [0.4, 0.5) is 22.0 Å². The number of allylic oxidation sites excluding steroid dienone is 2. The molecule has 0 spiro atoms. The van der Waals surface area contributed by atoms with Gasteiger partial charge >= 0.3 is 6.18 Å². The van der Waals surface area contributed by atoms with Gasteiger partial charge in [-0.3, -0.25) is 0 Å². The van der Waals surface area contributed by atoms with Crippen LogP contribution >= 0.6 is 0 Å². The van der Waals surface area contributed by atoms with Gasteiger partial charge in [-0.25, -0.2) is 13.8 Å². The SMILES string of the molecule is CC(C)(O)CCOc1ccc(C2C=C(COc3cc4c(cn3)C3CC3C4)C(F)=CC2C(F)(F)F)cc1F. The maximum Gasteiger partial charge on any atom is 0.396 e. The maximum absolute atomic E-state index is 14.8. The van der Waals surface area contributed by atoms with Crippen LogP contribution < -0.4 is 9.47 Å². The molecule has 0 bridgehead atoms. The van der Waals surface area contributed by atoms with Crippen LogP contribution in [0.25, 0.3) is 0 Å². The minimum Gasteiger partial charge on any atom is -0.490 e. The fourth-order valence-electron chi connectivity index (χ4n) is 5.10. The lowest BCUT2D eigenvalue weighted by molar-refractivity contribution is -0.164. The number of benzene rings is 1. The second kappa shape index (κ2) is 9.42. The summed E-state index contributed by atoms with van der Waals surface area (Å²) in [5.74, 6) is -3.99. The molecule has 3 aliphatic carbocycles. The largest absolute Gasteiger partial charge is 0.490 e. The molecule has 1 fully saturated rings. The fraction of sp³-hybridized carbons (Fsp3) is 0.464. The minimum atomic E-state index is -4.74. The normalized spacial score (nSPS) is 24.6. The molecule has 1 heterocycles. The molecule has 9 heteroatoms. The number of rotatable bonds is 8. The summed E-state index contributed by atoms with van der Waals surface area (Å²) in [6, 6.07) is 5.38. The van der Waals surface area contributed by atoms with E-state index in [1.807, 2.05) is 6.07 Å². The Morgan fingerprint density at radius 3 is 2.57 bits per heavy atom. The van der Waals surface area contributed by atoms with E-state index in [9.17, 15) is 27.1 Å². The third-order valence-electron chi connectivity index (χ3n) is 7.27. The summed E-state index contributed by atoms with van der Waals surface area (Å²) in [6.45, 7) is 2.89. The number of pyridine rings is 1. The van der Waals surface area contributed by atoms with Crippen molar-refractivity contribution < 1.29 is 36.5 Å². The first kappa shape index (κ1) is 25.7. The first-order valence-electron chi connectivity index (χ1n) is 12.3. The predicted molar refractivity (Wildman–Crippen MR) is 127 cm³/mol. The fourth-order valence-corrected chi connectivity index (χ4v) is 5.10. The molecule has 0 aliphatic heterocycles. The second-order valence-electron chi connectivity index (χ2n) is 10.7. The van der Waals surface area contributed by atoms with Gasteiger partial charge in [-0.2, -0.15) is 13.2 Å². The first-order chi connectivity index (χ1) is 17.4. The van der Waals surface area contributed by atoms with E-state index in [0.29, 0.717) is 23.8 Å². The smallest absolute Gasteiger partial charge is 0.396 e. The van der Waals surface area contributed by atoms with Crippen LogP contribution in [0.5, 0.6) is 11.6 Å². The van der Waals surface area contributed by atoms with Crippen molar-refractivity contribution >= 4 is 0 Å². The van der Waals surface area contributed by atoms with Crippen LogP contribution in [0.3, 0.4) is 0 Å². The summed E-state index contributed by atoms with van der Waals surface area (Å²) in [4.78, 5) is 4.28. The van der Waals surface area contributed by atoms with Crippen molar-refractivity contribution in [3.8, 4) is 11.6 Å². The van der Waals surface area contributed by atoms with Crippen molar-refractivity contribution in [2.45, 2.75) is 56.7 Å². The molecule has 2 aromatic rings. The molecule has 1 aromatic heterocycles. The van der Waals surface area contributed by atoms with Gasteiger partial charge in [0.2, 0.25) is 5.88 Å². The molecule has 3 aliphatic rings. The van der Waals surface area contributed by atoms with Gasteiger partial charge in [-0.15, -0.1) is 0 Å². The summed E-state index contributed by atoms with van der Waals surface area (Å²) >= 11 is 0. The lowest BCUT2D eigenvalue weighted by Crippen LogP contribution is -2.29. The Morgan fingerprint density at radius 1 is 1.08 bits per heavy atom. The number of alkyl halides is 3. The summed E-state index contributed by atoms with van der Waals surface area (Å²) in [5, 5.41) is 9.76.